The van der Waals surface area contributed by atoms with Crippen molar-refractivity contribution >= 4 is 5.91 Å². The third-order valence-electron chi connectivity index (χ3n) is 5.73. The molecule has 8 heteroatoms. The third kappa shape index (κ3) is 4.80. The Kier molecular flexibility index (Phi) is 5.57. The van der Waals surface area contributed by atoms with Gasteiger partial charge in [0.25, 0.3) is 5.91 Å². The van der Waals surface area contributed by atoms with Gasteiger partial charge in [-0.2, -0.15) is 0 Å². The highest BCUT2D eigenvalue weighted by Gasteiger charge is 2.39. The van der Waals surface area contributed by atoms with Crippen LogP contribution in [0.1, 0.15) is 28.4 Å². The van der Waals surface area contributed by atoms with E-state index in [4.69, 9.17) is 0 Å². The Morgan fingerprint density at radius 1 is 0.971 bits per heavy atom. The Hall–Kier alpha value is -4.07. The lowest BCUT2D eigenvalue weighted by Gasteiger charge is -2.12. The fraction of sp³-hybridized carbons (Fsp3) is 0.154. The predicted octanol–water partition coefficient (Wildman–Crippen LogP) is 5.72. The van der Waals surface area contributed by atoms with E-state index in [-0.39, 0.29) is 17.7 Å². The number of nitrogens with zero attached hydrogens (tertiary/aromatic N) is 2. The van der Waals surface area contributed by atoms with Gasteiger partial charge < -0.3 is 10.1 Å². The molecule has 2 atom stereocenters. The molecule has 1 heterocycles. The average molecular weight is 463 g/mol. The summed E-state index contributed by atoms with van der Waals surface area (Å²) in [5, 5.41) is 3.07. The first-order valence-corrected chi connectivity index (χ1v) is 10.7. The Labute approximate surface area is 193 Å². The van der Waals surface area contributed by atoms with Gasteiger partial charge in [-0.1, -0.05) is 54.6 Å². The maximum Gasteiger partial charge on any atom is 0.573 e. The summed E-state index contributed by atoms with van der Waals surface area (Å²) in [4.78, 5) is 17.1. The van der Waals surface area contributed by atoms with E-state index in [0.717, 1.165) is 6.42 Å². The Morgan fingerprint density at radius 2 is 1.71 bits per heavy atom. The summed E-state index contributed by atoms with van der Waals surface area (Å²) in [6, 6.07) is 23.0. The van der Waals surface area contributed by atoms with Crippen molar-refractivity contribution in [1.82, 2.24) is 14.9 Å². The lowest BCUT2D eigenvalue weighted by Crippen LogP contribution is -2.28. The number of imidazole rings is 1. The Morgan fingerprint density at radius 3 is 2.47 bits per heavy atom. The third-order valence-corrected chi connectivity index (χ3v) is 5.73. The molecule has 1 amide bonds. The molecule has 0 radical (unpaired) electrons. The molecule has 0 spiro atoms. The van der Waals surface area contributed by atoms with E-state index < -0.39 is 6.36 Å². The van der Waals surface area contributed by atoms with Crippen LogP contribution in [0.15, 0.2) is 91.4 Å². The summed E-state index contributed by atoms with van der Waals surface area (Å²) in [6.45, 7) is 0. The molecular formula is C26H20F3N3O2. The zero-order valence-corrected chi connectivity index (χ0v) is 17.9. The van der Waals surface area contributed by atoms with Crippen molar-refractivity contribution in [2.75, 3.05) is 0 Å². The van der Waals surface area contributed by atoms with E-state index in [2.05, 4.69) is 27.2 Å². The van der Waals surface area contributed by atoms with E-state index in [9.17, 15) is 18.0 Å². The fourth-order valence-corrected chi connectivity index (χ4v) is 4.04. The molecule has 5 nitrogen and oxygen atoms in total. The second kappa shape index (κ2) is 8.70. The minimum atomic E-state index is -4.76. The topological polar surface area (TPSA) is 56.2 Å². The molecule has 1 fully saturated rings. The number of hydrogen-bond acceptors (Lipinski definition) is 3. The lowest BCUT2D eigenvalue weighted by molar-refractivity contribution is -0.274. The second-order valence-electron chi connectivity index (χ2n) is 8.11. The van der Waals surface area contributed by atoms with Crippen LogP contribution in [-0.2, 0) is 0 Å². The number of alkyl halides is 3. The maximum atomic E-state index is 13.0. The van der Waals surface area contributed by atoms with Gasteiger partial charge in [-0.25, -0.2) is 4.98 Å². The van der Waals surface area contributed by atoms with Crippen LogP contribution in [-0.4, -0.2) is 27.9 Å². The second-order valence-corrected chi connectivity index (χ2v) is 8.11. The largest absolute Gasteiger partial charge is 0.573 e. The number of carbonyl (C=O) groups excluding carboxylic acids is 1. The summed E-state index contributed by atoms with van der Waals surface area (Å²) in [6.07, 6.45) is -0.838. The van der Waals surface area contributed by atoms with Gasteiger partial charge in [0.1, 0.15) is 11.4 Å². The van der Waals surface area contributed by atoms with Crippen molar-refractivity contribution in [2.24, 2.45) is 0 Å². The van der Waals surface area contributed by atoms with Gasteiger partial charge >= 0.3 is 6.36 Å². The number of benzene rings is 3. The van der Waals surface area contributed by atoms with Gasteiger partial charge in [0.05, 0.1) is 12.5 Å². The Balaban J connectivity index is 1.35. The van der Waals surface area contributed by atoms with Gasteiger partial charge in [-0.05, 0) is 47.4 Å². The number of halogens is 3. The van der Waals surface area contributed by atoms with Crippen molar-refractivity contribution in [3.05, 3.63) is 103 Å². The highest BCUT2D eigenvalue weighted by Crippen LogP contribution is 2.40. The van der Waals surface area contributed by atoms with Gasteiger partial charge in [-0.15, -0.1) is 13.2 Å². The van der Waals surface area contributed by atoms with Crippen LogP contribution in [0.3, 0.4) is 0 Å². The molecule has 1 unspecified atom stereocenters. The number of carbonyl (C=O) groups is 1. The van der Waals surface area contributed by atoms with Gasteiger partial charge in [-0.3, -0.25) is 9.36 Å². The van der Waals surface area contributed by atoms with Crippen molar-refractivity contribution in [3.8, 4) is 22.6 Å². The molecular weight excluding hydrogens is 443 g/mol. The van der Waals surface area contributed by atoms with Crippen LogP contribution in [0.4, 0.5) is 13.2 Å². The smallest absolute Gasteiger partial charge is 0.406 e. The molecule has 0 aliphatic heterocycles. The lowest BCUT2D eigenvalue weighted by atomic mass is 10.0. The van der Waals surface area contributed by atoms with Crippen LogP contribution in [0.5, 0.6) is 5.75 Å². The molecule has 34 heavy (non-hydrogen) atoms. The molecule has 172 valence electrons. The first kappa shape index (κ1) is 21.8. The van der Waals surface area contributed by atoms with E-state index in [1.165, 1.54) is 30.0 Å². The first-order chi connectivity index (χ1) is 16.4. The monoisotopic (exact) mass is 463 g/mol. The molecule has 4 aromatic rings. The van der Waals surface area contributed by atoms with Gasteiger partial charge in [0, 0.05) is 17.6 Å². The molecule has 0 saturated heterocycles. The fourth-order valence-electron chi connectivity index (χ4n) is 4.04. The molecule has 1 N–H and O–H groups in total. The minimum Gasteiger partial charge on any atom is -0.406 e. The van der Waals surface area contributed by atoms with Gasteiger partial charge in [0.2, 0.25) is 0 Å². The number of amides is 1. The van der Waals surface area contributed by atoms with E-state index >= 15 is 0 Å². The highest BCUT2D eigenvalue weighted by molar-refractivity contribution is 5.93. The zero-order chi connectivity index (χ0) is 23.7. The minimum absolute atomic E-state index is 0.0703. The summed E-state index contributed by atoms with van der Waals surface area (Å²) < 4.78 is 43.5. The molecule has 1 aromatic heterocycles. The quantitative estimate of drug-likeness (QED) is 0.398. The molecule has 1 aliphatic carbocycles. The number of hydrogen-bond donors (Lipinski definition) is 1. The Bertz CT molecular complexity index is 1320. The summed E-state index contributed by atoms with van der Waals surface area (Å²) in [5.41, 5.74) is 3.48. The van der Waals surface area contributed by atoms with E-state index in [1.54, 1.807) is 35.2 Å². The van der Waals surface area contributed by atoms with Crippen molar-refractivity contribution in [3.63, 3.8) is 0 Å². The first-order valence-electron chi connectivity index (χ1n) is 10.7. The standard InChI is InChI=1S/C26H20F3N3O2/c27-26(28,29)34-21-11-5-9-19(13-21)18-8-4-10-20(12-18)32-16-30-15-24(32)25(33)31-23-14-22(23)17-6-2-1-3-7-17/h1-13,15-16,22-23H,14H2,(H,31,33)/t22-,23?/m1/s1. The van der Waals surface area contributed by atoms with Crippen LogP contribution in [0, 0.1) is 0 Å². The van der Waals surface area contributed by atoms with Crippen molar-refractivity contribution < 1.29 is 22.7 Å². The predicted molar refractivity (Wildman–Crippen MR) is 121 cm³/mol. The molecule has 0 bridgehead atoms. The van der Waals surface area contributed by atoms with E-state index in [1.807, 2.05) is 24.3 Å². The van der Waals surface area contributed by atoms with Crippen molar-refractivity contribution in [1.29, 1.82) is 0 Å². The zero-order valence-electron chi connectivity index (χ0n) is 17.9. The summed E-state index contributed by atoms with van der Waals surface area (Å²) in [5.74, 6) is -0.224. The highest BCUT2D eigenvalue weighted by atomic mass is 19.4. The molecule has 1 saturated carbocycles. The molecule has 5 rings (SSSR count). The summed E-state index contributed by atoms with van der Waals surface area (Å²) in [7, 11) is 0. The number of ether oxygens (including phenoxy) is 1. The normalized spacial score (nSPS) is 17.3. The molecule has 3 aromatic carbocycles. The van der Waals surface area contributed by atoms with Crippen LogP contribution in [0.25, 0.3) is 16.8 Å². The number of rotatable bonds is 6. The number of nitrogens with one attached hydrogen (secondary N) is 1. The van der Waals surface area contributed by atoms with Gasteiger partial charge in [0.15, 0.2) is 0 Å². The van der Waals surface area contributed by atoms with Crippen LogP contribution >= 0.6 is 0 Å². The van der Waals surface area contributed by atoms with Crippen LogP contribution in [0.2, 0.25) is 0 Å². The van der Waals surface area contributed by atoms with Crippen molar-refractivity contribution in [2.45, 2.75) is 24.7 Å². The maximum absolute atomic E-state index is 13.0. The van der Waals surface area contributed by atoms with E-state index in [0.29, 0.717) is 28.4 Å². The average Bonchev–Trinajstić information content (AvgIpc) is 3.40. The number of aromatic nitrogens is 2. The SMILES string of the molecule is O=C(NC1C[C@@H]1c1ccccc1)c1cncn1-c1cccc(-c2cccc(OC(F)(F)F)c2)c1. The summed E-state index contributed by atoms with van der Waals surface area (Å²) >= 11 is 0. The van der Waals surface area contributed by atoms with Crippen LogP contribution < -0.4 is 10.1 Å². The molecule has 1 aliphatic rings.